The van der Waals surface area contributed by atoms with E-state index >= 15 is 0 Å². The molecule has 0 aromatic heterocycles. The molecule has 0 fully saturated rings. The van der Waals surface area contributed by atoms with E-state index in [2.05, 4.69) is 36.2 Å². The number of isothiocyanates is 1. The maximum Gasteiger partial charge on any atom is 0.0585 e. The predicted octanol–water partition coefficient (Wildman–Crippen LogP) is 2.53. The van der Waals surface area contributed by atoms with Gasteiger partial charge in [0.1, 0.15) is 0 Å². The van der Waals surface area contributed by atoms with E-state index in [1.165, 1.54) is 12.8 Å². The van der Waals surface area contributed by atoms with Crippen molar-refractivity contribution >= 4 is 17.4 Å². The number of thiocarbonyl (C=S) groups is 1. The molecule has 0 atom stereocenters. The molecule has 0 bridgehead atoms. The molecule has 0 saturated carbocycles. The van der Waals surface area contributed by atoms with Crippen molar-refractivity contribution in [2.75, 3.05) is 6.54 Å². The minimum atomic E-state index is 0.709. The lowest BCUT2D eigenvalue weighted by Crippen LogP contribution is -1.99. The van der Waals surface area contributed by atoms with Crippen LogP contribution in [-0.4, -0.2) is 11.7 Å². The number of hydrogen-bond acceptors (Lipinski definition) is 2. The van der Waals surface area contributed by atoms with Gasteiger partial charge in [-0.2, -0.15) is 0 Å². The first-order valence-electron chi connectivity index (χ1n) is 3.38. The van der Waals surface area contributed by atoms with Gasteiger partial charge in [-0.05, 0) is 18.1 Å². The molecule has 0 aliphatic rings. The van der Waals surface area contributed by atoms with Crippen molar-refractivity contribution in [1.29, 1.82) is 0 Å². The van der Waals surface area contributed by atoms with Crippen LogP contribution in [0.5, 0.6) is 0 Å². The molecule has 0 heterocycles. The topological polar surface area (TPSA) is 12.4 Å². The molecule has 52 valence electrons. The van der Waals surface area contributed by atoms with Crippen LogP contribution in [0.25, 0.3) is 0 Å². The molecule has 0 amide bonds. The smallest absolute Gasteiger partial charge is 0.0585 e. The summed E-state index contributed by atoms with van der Waals surface area (Å²) >= 11 is 4.45. The van der Waals surface area contributed by atoms with E-state index in [1.54, 1.807) is 0 Å². The molecule has 0 aromatic carbocycles. The first kappa shape index (κ1) is 8.80. The van der Waals surface area contributed by atoms with Gasteiger partial charge >= 0.3 is 0 Å². The van der Waals surface area contributed by atoms with E-state index in [-0.39, 0.29) is 0 Å². The molecular formula is C7H13NS. The third kappa shape index (κ3) is 4.31. The van der Waals surface area contributed by atoms with Crippen molar-refractivity contribution in [3.05, 3.63) is 0 Å². The van der Waals surface area contributed by atoms with Crippen molar-refractivity contribution < 1.29 is 0 Å². The molecule has 2 heteroatoms. The Morgan fingerprint density at radius 3 is 2.33 bits per heavy atom. The average Bonchev–Trinajstić information content (AvgIpc) is 1.91. The van der Waals surface area contributed by atoms with Crippen LogP contribution in [0.15, 0.2) is 4.99 Å². The molecule has 0 rings (SSSR count). The molecule has 9 heavy (non-hydrogen) atoms. The molecule has 0 saturated heterocycles. The Hall–Kier alpha value is -0.200. The lowest BCUT2D eigenvalue weighted by molar-refractivity contribution is 0.507. The zero-order valence-corrected chi connectivity index (χ0v) is 6.87. The van der Waals surface area contributed by atoms with Gasteiger partial charge in [-0.1, -0.05) is 26.7 Å². The van der Waals surface area contributed by atoms with Crippen LogP contribution in [-0.2, 0) is 0 Å². The Bertz CT molecular complexity index is 101. The SMILES string of the molecule is CCC(CC)CN=C=S. The summed E-state index contributed by atoms with van der Waals surface area (Å²) in [5, 5.41) is 2.38. The van der Waals surface area contributed by atoms with Gasteiger partial charge in [-0.3, -0.25) is 0 Å². The van der Waals surface area contributed by atoms with Crippen LogP contribution in [0.2, 0.25) is 0 Å². The van der Waals surface area contributed by atoms with Crippen LogP contribution in [0, 0.1) is 5.92 Å². The zero-order valence-electron chi connectivity index (χ0n) is 6.05. The minimum absolute atomic E-state index is 0.709. The first-order valence-corrected chi connectivity index (χ1v) is 3.79. The lowest BCUT2D eigenvalue weighted by Gasteiger charge is -2.05. The average molecular weight is 143 g/mol. The molecular weight excluding hydrogens is 130 g/mol. The Kier molecular flexibility index (Phi) is 5.80. The van der Waals surface area contributed by atoms with E-state index in [9.17, 15) is 0 Å². The van der Waals surface area contributed by atoms with E-state index in [0.717, 1.165) is 6.54 Å². The summed E-state index contributed by atoms with van der Waals surface area (Å²) in [6.45, 7) is 5.20. The largest absolute Gasteiger partial charge is 0.232 e. The van der Waals surface area contributed by atoms with Gasteiger partial charge in [-0.25, -0.2) is 4.99 Å². The van der Waals surface area contributed by atoms with Gasteiger partial charge in [0, 0.05) is 0 Å². The molecule has 0 radical (unpaired) electrons. The second-order valence-electron chi connectivity index (χ2n) is 2.11. The summed E-state index contributed by atoms with van der Waals surface area (Å²) in [4.78, 5) is 3.88. The summed E-state index contributed by atoms with van der Waals surface area (Å²) in [6, 6.07) is 0. The van der Waals surface area contributed by atoms with Gasteiger partial charge in [0.05, 0.1) is 11.7 Å². The first-order chi connectivity index (χ1) is 4.35. The Labute approximate surface area is 62.2 Å². The predicted molar refractivity (Wildman–Crippen MR) is 44.0 cm³/mol. The van der Waals surface area contributed by atoms with Crippen molar-refractivity contribution in [1.82, 2.24) is 0 Å². The summed E-state index contributed by atoms with van der Waals surface area (Å²) in [5.41, 5.74) is 0. The summed E-state index contributed by atoms with van der Waals surface area (Å²) in [5.74, 6) is 0.709. The molecule has 0 spiro atoms. The van der Waals surface area contributed by atoms with Crippen LogP contribution in [0.1, 0.15) is 26.7 Å². The van der Waals surface area contributed by atoms with E-state index < -0.39 is 0 Å². The second-order valence-corrected chi connectivity index (χ2v) is 2.30. The normalized spacial score (nSPS) is 9.22. The standard InChI is InChI=1S/C7H13NS/c1-3-7(4-2)5-8-6-9/h7H,3-5H2,1-2H3. The van der Waals surface area contributed by atoms with Crippen molar-refractivity contribution in [3.8, 4) is 0 Å². The molecule has 1 nitrogen and oxygen atoms in total. The van der Waals surface area contributed by atoms with Crippen molar-refractivity contribution in [3.63, 3.8) is 0 Å². The minimum Gasteiger partial charge on any atom is -0.232 e. The van der Waals surface area contributed by atoms with E-state index in [1.807, 2.05) is 0 Å². The Morgan fingerprint density at radius 2 is 2.00 bits per heavy atom. The highest BCUT2D eigenvalue weighted by atomic mass is 32.1. The van der Waals surface area contributed by atoms with Crippen LogP contribution >= 0.6 is 12.2 Å². The number of rotatable bonds is 4. The maximum atomic E-state index is 4.45. The van der Waals surface area contributed by atoms with Crippen LogP contribution in [0.3, 0.4) is 0 Å². The van der Waals surface area contributed by atoms with Gasteiger partial charge in [0.25, 0.3) is 0 Å². The van der Waals surface area contributed by atoms with Crippen LogP contribution in [0.4, 0.5) is 0 Å². The second kappa shape index (κ2) is 5.93. The quantitative estimate of drug-likeness (QED) is 0.435. The highest BCUT2D eigenvalue weighted by molar-refractivity contribution is 7.78. The van der Waals surface area contributed by atoms with Crippen molar-refractivity contribution in [2.24, 2.45) is 10.9 Å². The van der Waals surface area contributed by atoms with E-state index in [0.29, 0.717) is 5.92 Å². The Morgan fingerprint density at radius 1 is 1.44 bits per heavy atom. The monoisotopic (exact) mass is 143 g/mol. The highest BCUT2D eigenvalue weighted by Gasteiger charge is 1.99. The fraction of sp³-hybridized carbons (Fsp3) is 0.857. The fourth-order valence-corrected chi connectivity index (χ4v) is 0.788. The van der Waals surface area contributed by atoms with Gasteiger partial charge in [-0.15, -0.1) is 0 Å². The highest BCUT2D eigenvalue weighted by Crippen LogP contribution is 2.06. The van der Waals surface area contributed by atoms with Crippen LogP contribution < -0.4 is 0 Å². The third-order valence-corrected chi connectivity index (χ3v) is 1.70. The fourth-order valence-electron chi connectivity index (χ4n) is 0.713. The third-order valence-electron chi connectivity index (χ3n) is 1.57. The van der Waals surface area contributed by atoms with Gasteiger partial charge in [0.15, 0.2) is 0 Å². The van der Waals surface area contributed by atoms with E-state index in [4.69, 9.17) is 0 Å². The number of hydrogen-bond donors (Lipinski definition) is 0. The summed E-state index contributed by atoms with van der Waals surface area (Å²) < 4.78 is 0. The molecule has 0 aliphatic carbocycles. The maximum absolute atomic E-state index is 4.45. The molecule has 0 aliphatic heterocycles. The Balaban J connectivity index is 3.42. The number of nitrogens with zero attached hydrogens (tertiary/aromatic N) is 1. The number of aliphatic imine (C=N–C) groups is 1. The summed E-state index contributed by atoms with van der Waals surface area (Å²) in [7, 11) is 0. The lowest BCUT2D eigenvalue weighted by atomic mass is 10.0. The summed E-state index contributed by atoms with van der Waals surface area (Å²) in [6.07, 6.45) is 2.38. The van der Waals surface area contributed by atoms with Gasteiger partial charge in [0.2, 0.25) is 0 Å². The van der Waals surface area contributed by atoms with Gasteiger partial charge < -0.3 is 0 Å². The molecule has 0 unspecified atom stereocenters. The molecule has 0 aromatic rings. The zero-order chi connectivity index (χ0) is 7.11. The molecule has 0 N–H and O–H groups in total. The van der Waals surface area contributed by atoms with Crippen molar-refractivity contribution in [2.45, 2.75) is 26.7 Å².